The molecule has 1 aromatic carbocycles. The Balaban J connectivity index is 1.27. The minimum absolute atomic E-state index is 0.146. The Bertz CT molecular complexity index is 809. The van der Waals surface area contributed by atoms with E-state index in [1.54, 1.807) is 18.3 Å². The number of amides is 1. The molecule has 1 spiro atoms. The predicted molar refractivity (Wildman–Crippen MR) is 108 cm³/mol. The van der Waals surface area contributed by atoms with Gasteiger partial charge >= 0.3 is 0 Å². The van der Waals surface area contributed by atoms with E-state index in [0.29, 0.717) is 45.4 Å². The van der Waals surface area contributed by atoms with Crippen LogP contribution in [-0.2, 0) is 16.0 Å². The average Bonchev–Trinajstić information content (AvgIpc) is 3.09. The van der Waals surface area contributed by atoms with E-state index in [0.717, 1.165) is 23.4 Å². The van der Waals surface area contributed by atoms with E-state index in [1.165, 1.54) is 4.70 Å². The van der Waals surface area contributed by atoms with E-state index in [9.17, 15) is 15.0 Å². The summed E-state index contributed by atoms with van der Waals surface area (Å²) >= 11 is 1.70. The Morgan fingerprint density at radius 1 is 1.32 bits per heavy atom. The zero-order chi connectivity index (χ0) is 19.8. The number of para-hydroxylation sites is 1. The Morgan fingerprint density at radius 2 is 2.07 bits per heavy atom. The fourth-order valence-corrected chi connectivity index (χ4v) is 5.38. The Kier molecular flexibility index (Phi) is 5.44. The first-order valence-electron chi connectivity index (χ1n) is 10.1. The third-order valence-corrected chi connectivity index (χ3v) is 7.26. The molecular formula is C21H28N2O4S. The summed E-state index contributed by atoms with van der Waals surface area (Å²) in [5, 5.41) is 22.1. The van der Waals surface area contributed by atoms with E-state index < -0.39 is 17.3 Å². The number of aromatic nitrogens is 1. The molecular weight excluding hydrogens is 376 g/mol. The maximum Gasteiger partial charge on any atom is 0.222 e. The van der Waals surface area contributed by atoms with Crippen molar-refractivity contribution >= 4 is 27.5 Å². The minimum Gasteiger partial charge on any atom is -0.387 e. The Hall–Kier alpha value is -1.54. The zero-order valence-electron chi connectivity index (χ0n) is 16.3. The molecule has 4 rings (SSSR count). The van der Waals surface area contributed by atoms with Crippen LogP contribution in [0.5, 0.6) is 0 Å². The largest absolute Gasteiger partial charge is 0.387 e. The smallest absolute Gasteiger partial charge is 0.222 e. The number of nitrogens with zero attached hydrogens (tertiary/aromatic N) is 2. The number of carbonyl (C=O) groups excluding carboxylic acids is 1. The standard InChI is InChI=1S/C21H28N2O4S/c1-20(26)11-14-27-21(19(20)25)9-12-23(13-10-21)18(24)8-4-7-17-22-15-5-2-3-6-16(15)28-17/h2-3,5-6,19,25-26H,4,7-14H2,1H3/t19-,20+/m0/s1. The summed E-state index contributed by atoms with van der Waals surface area (Å²) in [6.45, 7) is 3.24. The Labute approximate surface area is 169 Å². The highest BCUT2D eigenvalue weighted by Crippen LogP contribution is 2.39. The number of hydrogen-bond donors (Lipinski definition) is 2. The molecule has 6 nitrogen and oxygen atoms in total. The quantitative estimate of drug-likeness (QED) is 0.818. The van der Waals surface area contributed by atoms with Crippen molar-refractivity contribution in [2.75, 3.05) is 19.7 Å². The number of likely N-dealkylation sites (tertiary alicyclic amines) is 1. The van der Waals surface area contributed by atoms with Gasteiger partial charge in [0.2, 0.25) is 5.91 Å². The maximum absolute atomic E-state index is 12.6. The van der Waals surface area contributed by atoms with Crippen molar-refractivity contribution in [2.45, 2.75) is 62.8 Å². The minimum atomic E-state index is -1.12. The van der Waals surface area contributed by atoms with Crippen molar-refractivity contribution in [2.24, 2.45) is 0 Å². The van der Waals surface area contributed by atoms with Crippen molar-refractivity contribution in [1.29, 1.82) is 0 Å². The van der Waals surface area contributed by atoms with Crippen molar-refractivity contribution in [3.8, 4) is 0 Å². The van der Waals surface area contributed by atoms with Gasteiger partial charge in [-0.1, -0.05) is 12.1 Å². The van der Waals surface area contributed by atoms with Crippen LogP contribution >= 0.6 is 11.3 Å². The highest BCUT2D eigenvalue weighted by molar-refractivity contribution is 7.18. The lowest BCUT2D eigenvalue weighted by Gasteiger charge is -2.51. The van der Waals surface area contributed by atoms with Crippen LogP contribution < -0.4 is 0 Å². The SMILES string of the molecule is C[C@@]1(O)CCOC2(CCN(C(=O)CCCc3nc4ccccc4s3)CC2)[C@H]1O. The number of fused-ring (bicyclic) bond motifs is 1. The molecule has 1 amide bonds. The number of benzene rings is 1. The van der Waals surface area contributed by atoms with Gasteiger partial charge in [-0.15, -0.1) is 11.3 Å². The average molecular weight is 405 g/mol. The molecule has 1 aromatic heterocycles. The lowest BCUT2D eigenvalue weighted by Crippen LogP contribution is -2.64. The third kappa shape index (κ3) is 3.81. The van der Waals surface area contributed by atoms with Crippen LogP contribution in [0.4, 0.5) is 0 Å². The zero-order valence-corrected chi connectivity index (χ0v) is 17.1. The Morgan fingerprint density at radius 3 is 2.82 bits per heavy atom. The van der Waals surface area contributed by atoms with Crippen molar-refractivity contribution < 1.29 is 19.7 Å². The normalized spacial score (nSPS) is 27.4. The topological polar surface area (TPSA) is 82.9 Å². The molecule has 2 saturated heterocycles. The molecule has 0 radical (unpaired) electrons. The van der Waals surface area contributed by atoms with Gasteiger partial charge in [0.05, 0.1) is 27.4 Å². The fraction of sp³-hybridized carbons (Fsp3) is 0.619. The molecule has 0 saturated carbocycles. The van der Waals surface area contributed by atoms with Crippen LogP contribution in [0.15, 0.2) is 24.3 Å². The highest BCUT2D eigenvalue weighted by Gasteiger charge is 2.52. The first kappa shape index (κ1) is 19.8. The van der Waals surface area contributed by atoms with Crippen LogP contribution in [0, 0.1) is 0 Å². The second-order valence-electron chi connectivity index (χ2n) is 8.23. The summed E-state index contributed by atoms with van der Waals surface area (Å²) in [6.07, 6.45) is 2.75. The second-order valence-corrected chi connectivity index (χ2v) is 9.35. The molecule has 0 unspecified atom stereocenters. The molecule has 0 aliphatic carbocycles. The van der Waals surface area contributed by atoms with Gasteiger partial charge in [0.25, 0.3) is 0 Å². The highest BCUT2D eigenvalue weighted by atomic mass is 32.1. The van der Waals surface area contributed by atoms with E-state index in [2.05, 4.69) is 11.1 Å². The van der Waals surface area contributed by atoms with Crippen LogP contribution in [0.1, 0.15) is 44.0 Å². The number of ether oxygens (including phenoxy) is 1. The molecule has 2 aliphatic rings. The number of aliphatic hydroxyl groups excluding tert-OH is 1. The first-order valence-corrected chi connectivity index (χ1v) is 10.9. The predicted octanol–water partition coefficient (Wildman–Crippen LogP) is 2.51. The maximum atomic E-state index is 12.6. The van der Waals surface area contributed by atoms with Gasteiger partial charge in [-0.25, -0.2) is 4.98 Å². The van der Waals surface area contributed by atoms with Crippen molar-refractivity contribution in [3.05, 3.63) is 29.3 Å². The number of thiazole rings is 1. The fourth-order valence-electron chi connectivity index (χ4n) is 4.37. The second kappa shape index (κ2) is 7.71. The van der Waals surface area contributed by atoms with Crippen molar-refractivity contribution in [3.63, 3.8) is 0 Å². The van der Waals surface area contributed by atoms with E-state index in [1.807, 2.05) is 23.1 Å². The molecule has 152 valence electrons. The van der Waals surface area contributed by atoms with E-state index in [-0.39, 0.29) is 5.91 Å². The number of piperidine rings is 1. The summed E-state index contributed by atoms with van der Waals surface area (Å²) in [4.78, 5) is 19.1. The number of hydrogen-bond acceptors (Lipinski definition) is 6. The number of rotatable bonds is 4. The van der Waals surface area contributed by atoms with E-state index in [4.69, 9.17) is 4.74 Å². The van der Waals surface area contributed by atoms with Gasteiger partial charge < -0.3 is 19.8 Å². The van der Waals surface area contributed by atoms with Gasteiger partial charge in [-0.05, 0) is 44.7 Å². The third-order valence-electron chi connectivity index (χ3n) is 6.17. The first-order chi connectivity index (χ1) is 13.4. The van der Waals surface area contributed by atoms with E-state index >= 15 is 0 Å². The molecule has 2 fully saturated rings. The molecule has 2 aromatic rings. The van der Waals surface area contributed by atoms with Crippen LogP contribution in [0.2, 0.25) is 0 Å². The lowest BCUT2D eigenvalue weighted by molar-refractivity contribution is -0.245. The summed E-state index contributed by atoms with van der Waals surface area (Å²) in [7, 11) is 0. The number of aliphatic hydroxyl groups is 2. The number of carbonyl (C=O) groups is 1. The molecule has 0 bridgehead atoms. The van der Waals surface area contributed by atoms with Gasteiger partial charge in [-0.3, -0.25) is 4.79 Å². The molecule has 28 heavy (non-hydrogen) atoms. The summed E-state index contributed by atoms with van der Waals surface area (Å²) in [5.41, 5.74) is -0.821. The molecule has 2 atom stereocenters. The van der Waals surface area contributed by atoms with Crippen molar-refractivity contribution in [1.82, 2.24) is 9.88 Å². The van der Waals surface area contributed by atoms with Crippen LogP contribution in [-0.4, -0.2) is 63.0 Å². The molecule has 2 N–H and O–H groups in total. The van der Waals surface area contributed by atoms with Gasteiger partial charge in [0.15, 0.2) is 0 Å². The molecule has 3 heterocycles. The molecule has 2 aliphatic heterocycles. The molecule has 7 heteroatoms. The summed E-state index contributed by atoms with van der Waals surface area (Å²) in [6, 6.07) is 8.10. The lowest BCUT2D eigenvalue weighted by atomic mass is 9.75. The van der Waals surface area contributed by atoms with Crippen LogP contribution in [0.3, 0.4) is 0 Å². The van der Waals surface area contributed by atoms with Gasteiger partial charge in [-0.2, -0.15) is 0 Å². The summed E-state index contributed by atoms with van der Waals surface area (Å²) in [5.74, 6) is 0.146. The summed E-state index contributed by atoms with van der Waals surface area (Å²) < 4.78 is 7.08. The van der Waals surface area contributed by atoms with Gasteiger partial charge in [0, 0.05) is 25.9 Å². The number of aryl methyl sites for hydroxylation is 1. The monoisotopic (exact) mass is 404 g/mol. The van der Waals surface area contributed by atoms with Crippen LogP contribution in [0.25, 0.3) is 10.2 Å². The van der Waals surface area contributed by atoms with Gasteiger partial charge in [0.1, 0.15) is 11.7 Å².